The summed E-state index contributed by atoms with van der Waals surface area (Å²) in [6.45, 7) is 3.98. The van der Waals surface area contributed by atoms with Gasteiger partial charge in [-0.05, 0) is 61.5 Å². The van der Waals surface area contributed by atoms with Crippen molar-refractivity contribution >= 4 is 38.9 Å². The quantitative estimate of drug-likeness (QED) is 0.695. The first-order chi connectivity index (χ1) is 13.3. The van der Waals surface area contributed by atoms with E-state index in [0.717, 1.165) is 22.9 Å². The Morgan fingerprint density at radius 3 is 2.54 bits per heavy atom. The summed E-state index contributed by atoms with van der Waals surface area (Å²) in [6, 6.07) is 13.7. The molecule has 6 nitrogen and oxygen atoms in total. The maximum Gasteiger partial charge on any atom is 0.284 e. The molecule has 2 aromatic carbocycles. The number of methoxy groups -OCH3 is 1. The monoisotopic (exact) mass is 416 g/mol. The molecule has 0 radical (unpaired) electrons. The summed E-state index contributed by atoms with van der Waals surface area (Å²) < 4.78 is 34.4. The predicted octanol–water partition coefficient (Wildman–Crippen LogP) is 3.68. The molecule has 1 aliphatic rings. The lowest BCUT2D eigenvalue weighted by atomic mass is 10.2. The number of benzene rings is 2. The van der Waals surface area contributed by atoms with Crippen LogP contribution in [-0.4, -0.2) is 38.0 Å². The molecule has 1 fully saturated rings. The molecule has 146 valence electrons. The van der Waals surface area contributed by atoms with Gasteiger partial charge in [0.1, 0.15) is 5.75 Å². The Morgan fingerprint density at radius 2 is 1.89 bits per heavy atom. The summed E-state index contributed by atoms with van der Waals surface area (Å²) in [5, 5.41) is 0.155. The lowest BCUT2D eigenvalue weighted by Gasteiger charge is -2.12. The van der Waals surface area contributed by atoms with Crippen LogP contribution in [0.3, 0.4) is 0 Å². The number of ether oxygens (including phenoxy) is 1. The van der Waals surface area contributed by atoms with E-state index < -0.39 is 10.0 Å². The highest BCUT2D eigenvalue weighted by Gasteiger charge is 2.34. The van der Waals surface area contributed by atoms with Crippen molar-refractivity contribution in [2.45, 2.75) is 18.7 Å². The van der Waals surface area contributed by atoms with Crippen LogP contribution < -0.4 is 4.74 Å². The smallest absolute Gasteiger partial charge is 0.284 e. The Labute approximate surface area is 169 Å². The molecule has 0 aliphatic carbocycles. The number of nitrogens with zero attached hydrogens (tertiary/aromatic N) is 2. The Morgan fingerprint density at radius 1 is 1.18 bits per heavy atom. The van der Waals surface area contributed by atoms with Gasteiger partial charge >= 0.3 is 0 Å². The molecule has 1 aliphatic heterocycles. The zero-order chi connectivity index (χ0) is 20.3. The molecule has 0 saturated carbocycles. The number of thioether (sulfide) groups is 1. The second kappa shape index (κ2) is 8.20. The molecule has 2 aromatic rings. The highest BCUT2D eigenvalue weighted by atomic mass is 32.2. The van der Waals surface area contributed by atoms with Gasteiger partial charge in [0.2, 0.25) is 0 Å². The summed E-state index contributed by atoms with van der Waals surface area (Å²) in [5.41, 5.74) is 1.74. The second-order valence-electron chi connectivity index (χ2n) is 6.10. The van der Waals surface area contributed by atoms with E-state index >= 15 is 0 Å². The van der Waals surface area contributed by atoms with Gasteiger partial charge in [-0.15, -0.1) is 4.40 Å². The molecule has 8 heteroatoms. The molecule has 0 aromatic heterocycles. The van der Waals surface area contributed by atoms with Crippen LogP contribution in [0.25, 0.3) is 6.08 Å². The van der Waals surface area contributed by atoms with E-state index in [4.69, 9.17) is 4.74 Å². The number of carbonyl (C=O) groups is 1. The molecule has 28 heavy (non-hydrogen) atoms. The second-order valence-corrected chi connectivity index (χ2v) is 8.71. The van der Waals surface area contributed by atoms with Gasteiger partial charge in [-0.3, -0.25) is 9.69 Å². The minimum absolute atomic E-state index is 0.0972. The minimum Gasteiger partial charge on any atom is -0.497 e. The molecule has 0 N–H and O–H groups in total. The van der Waals surface area contributed by atoms with E-state index in [-0.39, 0.29) is 16.0 Å². The van der Waals surface area contributed by atoms with E-state index in [0.29, 0.717) is 17.2 Å². The van der Waals surface area contributed by atoms with Crippen molar-refractivity contribution in [3.63, 3.8) is 0 Å². The summed E-state index contributed by atoms with van der Waals surface area (Å²) in [6.07, 6.45) is 1.71. The van der Waals surface area contributed by atoms with Gasteiger partial charge in [0.25, 0.3) is 15.9 Å². The Balaban J connectivity index is 1.96. The van der Waals surface area contributed by atoms with Crippen LogP contribution in [0.1, 0.15) is 18.1 Å². The Bertz CT molecular complexity index is 1060. The van der Waals surface area contributed by atoms with Gasteiger partial charge in [0.15, 0.2) is 5.17 Å². The van der Waals surface area contributed by atoms with Crippen LogP contribution in [0.2, 0.25) is 0 Å². The Hall–Kier alpha value is -2.58. The van der Waals surface area contributed by atoms with Gasteiger partial charge in [-0.25, -0.2) is 0 Å². The molecule has 1 saturated heterocycles. The van der Waals surface area contributed by atoms with Crippen molar-refractivity contribution in [3.8, 4) is 5.75 Å². The minimum atomic E-state index is -3.91. The SMILES string of the molecule is CCN1C(=O)C(=Cc2cccc(OC)c2)SC1=NS(=O)(=O)c1ccc(C)cc1. The highest BCUT2D eigenvalue weighted by Crippen LogP contribution is 2.34. The number of sulfonamides is 1. The summed E-state index contributed by atoms with van der Waals surface area (Å²) in [5.74, 6) is 0.404. The van der Waals surface area contributed by atoms with Crippen molar-refractivity contribution in [1.29, 1.82) is 0 Å². The average molecular weight is 417 g/mol. The normalized spacial score (nSPS) is 17.5. The average Bonchev–Trinajstić information content (AvgIpc) is 2.95. The van der Waals surface area contributed by atoms with E-state index in [1.54, 1.807) is 38.3 Å². The Kier molecular flexibility index (Phi) is 5.90. The van der Waals surface area contributed by atoms with Crippen LogP contribution in [0.15, 0.2) is 62.7 Å². The van der Waals surface area contributed by atoms with Gasteiger partial charge in [-0.1, -0.05) is 29.8 Å². The summed E-state index contributed by atoms with van der Waals surface area (Å²) in [7, 11) is -2.34. The van der Waals surface area contributed by atoms with Gasteiger partial charge in [-0.2, -0.15) is 8.42 Å². The molecule has 0 unspecified atom stereocenters. The maximum atomic E-state index is 12.7. The van der Waals surface area contributed by atoms with Crippen molar-refractivity contribution < 1.29 is 17.9 Å². The van der Waals surface area contributed by atoms with Gasteiger partial charge < -0.3 is 4.74 Å². The first-order valence-electron chi connectivity index (χ1n) is 8.61. The van der Waals surface area contributed by atoms with Crippen molar-refractivity contribution in [2.75, 3.05) is 13.7 Å². The van der Waals surface area contributed by atoms with Crippen LogP contribution in [0, 0.1) is 6.92 Å². The number of hydrogen-bond acceptors (Lipinski definition) is 5. The fourth-order valence-electron chi connectivity index (χ4n) is 2.60. The topological polar surface area (TPSA) is 76.0 Å². The largest absolute Gasteiger partial charge is 0.497 e. The zero-order valence-electron chi connectivity index (χ0n) is 15.7. The maximum absolute atomic E-state index is 12.7. The molecule has 1 heterocycles. The van der Waals surface area contributed by atoms with Crippen molar-refractivity contribution in [2.24, 2.45) is 4.40 Å². The van der Waals surface area contributed by atoms with E-state index in [1.807, 2.05) is 25.1 Å². The molecular formula is C20H20N2O4S2. The lowest BCUT2D eigenvalue weighted by Crippen LogP contribution is -2.29. The first kappa shape index (κ1) is 20.2. The lowest BCUT2D eigenvalue weighted by molar-refractivity contribution is -0.122. The summed E-state index contributed by atoms with van der Waals surface area (Å²) >= 11 is 1.05. The molecule has 0 atom stereocenters. The summed E-state index contributed by atoms with van der Waals surface area (Å²) in [4.78, 5) is 14.6. The third-order valence-electron chi connectivity index (χ3n) is 4.11. The molecule has 3 rings (SSSR count). The number of likely N-dealkylation sites (N-methyl/N-ethyl adjacent to an activating group) is 1. The molecule has 0 spiro atoms. The van der Waals surface area contributed by atoms with E-state index in [1.165, 1.54) is 17.0 Å². The van der Waals surface area contributed by atoms with Crippen LogP contribution in [-0.2, 0) is 14.8 Å². The standard InChI is InChI=1S/C20H20N2O4S2/c1-4-22-19(23)18(13-15-6-5-7-16(12-15)26-3)27-20(22)21-28(24,25)17-10-8-14(2)9-11-17/h5-13H,4H2,1-3H3. The number of carbonyl (C=O) groups excluding carboxylic acids is 1. The number of aryl methyl sites for hydroxylation is 1. The molecule has 1 amide bonds. The number of amides is 1. The first-order valence-corrected chi connectivity index (χ1v) is 10.9. The molecular weight excluding hydrogens is 396 g/mol. The molecule has 0 bridgehead atoms. The van der Waals surface area contributed by atoms with Gasteiger partial charge in [0.05, 0.1) is 16.9 Å². The van der Waals surface area contributed by atoms with E-state index in [2.05, 4.69) is 4.40 Å². The number of rotatable bonds is 5. The van der Waals surface area contributed by atoms with Crippen LogP contribution in [0.4, 0.5) is 0 Å². The number of amidine groups is 1. The third kappa shape index (κ3) is 4.28. The van der Waals surface area contributed by atoms with E-state index in [9.17, 15) is 13.2 Å². The fraction of sp³-hybridized carbons (Fsp3) is 0.200. The third-order valence-corrected chi connectivity index (χ3v) is 6.52. The number of hydrogen-bond donors (Lipinski definition) is 0. The predicted molar refractivity (Wildman–Crippen MR) is 112 cm³/mol. The van der Waals surface area contributed by atoms with Crippen molar-refractivity contribution in [3.05, 3.63) is 64.6 Å². The van der Waals surface area contributed by atoms with Gasteiger partial charge in [0, 0.05) is 6.54 Å². The zero-order valence-corrected chi connectivity index (χ0v) is 17.4. The highest BCUT2D eigenvalue weighted by molar-refractivity contribution is 8.19. The van der Waals surface area contributed by atoms with Crippen molar-refractivity contribution in [1.82, 2.24) is 4.90 Å². The fourth-order valence-corrected chi connectivity index (χ4v) is 4.85. The van der Waals surface area contributed by atoms with Crippen LogP contribution in [0.5, 0.6) is 5.75 Å². The van der Waals surface area contributed by atoms with Crippen LogP contribution >= 0.6 is 11.8 Å².